The Morgan fingerprint density at radius 1 is 1.21 bits per heavy atom. The molecular weight excluding hydrogens is 266 g/mol. The monoisotopic (exact) mass is 277 g/mol. The van der Waals surface area contributed by atoms with Crippen molar-refractivity contribution in [3.8, 4) is 0 Å². The van der Waals surface area contributed by atoms with E-state index >= 15 is 0 Å². The lowest BCUT2D eigenvalue weighted by Crippen LogP contribution is -2.30. The highest BCUT2D eigenvalue weighted by molar-refractivity contribution is 6.30. The van der Waals surface area contributed by atoms with Crippen LogP contribution in [0.25, 0.3) is 0 Å². The van der Waals surface area contributed by atoms with Gasteiger partial charge in [-0.05, 0) is 17.7 Å². The van der Waals surface area contributed by atoms with Crippen molar-refractivity contribution in [2.24, 2.45) is 5.84 Å². The molecule has 0 unspecified atom stereocenters. The Hall–Kier alpha value is -2.18. The molecule has 2 rings (SSSR count). The van der Waals surface area contributed by atoms with Crippen LogP contribution in [0.1, 0.15) is 15.9 Å². The lowest BCUT2D eigenvalue weighted by molar-refractivity contribution is 0.0953. The molecule has 0 bridgehead atoms. The van der Waals surface area contributed by atoms with Gasteiger partial charge in [0.25, 0.3) is 5.91 Å². The summed E-state index contributed by atoms with van der Waals surface area (Å²) in [6.07, 6.45) is 2.80. The zero-order valence-corrected chi connectivity index (χ0v) is 10.7. The van der Waals surface area contributed by atoms with Crippen molar-refractivity contribution >= 4 is 23.5 Å². The Morgan fingerprint density at radius 2 is 1.84 bits per heavy atom. The summed E-state index contributed by atoms with van der Waals surface area (Å²) in [6.45, 7) is 0.569. The van der Waals surface area contributed by atoms with Gasteiger partial charge >= 0.3 is 0 Å². The summed E-state index contributed by atoms with van der Waals surface area (Å²) in [6, 6.07) is 7.44. The van der Waals surface area contributed by atoms with E-state index in [0.29, 0.717) is 23.1 Å². The zero-order valence-electron chi connectivity index (χ0n) is 9.93. The number of amides is 1. The number of hydrazine groups is 1. The summed E-state index contributed by atoms with van der Waals surface area (Å²) < 4.78 is 0. The van der Waals surface area contributed by atoms with Crippen LogP contribution in [0, 0.1) is 0 Å². The smallest absolute Gasteiger partial charge is 0.268 e. The highest BCUT2D eigenvalue weighted by Crippen LogP contribution is 2.10. The maximum atomic E-state index is 11.2. The summed E-state index contributed by atoms with van der Waals surface area (Å²) in [5, 5.41) is 3.73. The molecule has 0 saturated heterocycles. The Balaban J connectivity index is 1.96. The second-order valence-corrected chi connectivity index (χ2v) is 4.19. The maximum absolute atomic E-state index is 11.2. The predicted molar refractivity (Wildman–Crippen MR) is 72.5 cm³/mol. The van der Waals surface area contributed by atoms with Gasteiger partial charge in [0, 0.05) is 24.0 Å². The molecule has 2 aromatic rings. The van der Waals surface area contributed by atoms with Crippen LogP contribution in [0.4, 0.5) is 5.95 Å². The van der Waals surface area contributed by atoms with Gasteiger partial charge in [0.05, 0.1) is 5.56 Å². The van der Waals surface area contributed by atoms with Crippen LogP contribution in [-0.2, 0) is 6.54 Å². The van der Waals surface area contributed by atoms with Crippen molar-refractivity contribution in [2.75, 3.05) is 5.32 Å². The number of halogens is 1. The van der Waals surface area contributed by atoms with E-state index in [-0.39, 0.29) is 0 Å². The van der Waals surface area contributed by atoms with Gasteiger partial charge in [-0.15, -0.1) is 0 Å². The van der Waals surface area contributed by atoms with Gasteiger partial charge in [0.15, 0.2) is 0 Å². The minimum atomic E-state index is -0.427. The summed E-state index contributed by atoms with van der Waals surface area (Å²) in [4.78, 5) is 19.2. The molecule has 0 fully saturated rings. The third-order valence-corrected chi connectivity index (χ3v) is 2.66. The number of nitrogens with zero attached hydrogens (tertiary/aromatic N) is 2. The second kappa shape index (κ2) is 6.12. The van der Waals surface area contributed by atoms with Gasteiger partial charge < -0.3 is 5.32 Å². The number of hydrogen-bond acceptors (Lipinski definition) is 5. The summed E-state index contributed by atoms with van der Waals surface area (Å²) >= 11 is 5.80. The first-order chi connectivity index (χ1) is 9.19. The van der Waals surface area contributed by atoms with E-state index in [1.54, 1.807) is 0 Å². The highest BCUT2D eigenvalue weighted by atomic mass is 35.5. The lowest BCUT2D eigenvalue weighted by Gasteiger charge is -2.05. The highest BCUT2D eigenvalue weighted by Gasteiger charge is 2.04. The zero-order chi connectivity index (χ0) is 13.7. The number of anilines is 1. The third-order valence-electron chi connectivity index (χ3n) is 2.41. The molecule has 0 aliphatic rings. The number of carbonyl (C=O) groups is 1. The van der Waals surface area contributed by atoms with Crippen molar-refractivity contribution in [1.82, 2.24) is 15.4 Å². The number of aromatic nitrogens is 2. The fraction of sp³-hybridized carbons (Fsp3) is 0.0833. The molecule has 1 aromatic carbocycles. The topological polar surface area (TPSA) is 92.9 Å². The van der Waals surface area contributed by atoms with Crippen molar-refractivity contribution in [3.63, 3.8) is 0 Å². The normalized spacial score (nSPS) is 10.0. The first-order valence-corrected chi connectivity index (χ1v) is 5.88. The Morgan fingerprint density at radius 3 is 2.42 bits per heavy atom. The second-order valence-electron chi connectivity index (χ2n) is 3.75. The number of benzene rings is 1. The van der Waals surface area contributed by atoms with Crippen molar-refractivity contribution in [3.05, 3.63) is 52.8 Å². The molecule has 0 radical (unpaired) electrons. The molecule has 1 amide bonds. The summed E-state index contributed by atoms with van der Waals surface area (Å²) in [5.41, 5.74) is 3.37. The molecular formula is C12H12ClN5O. The minimum Gasteiger partial charge on any atom is -0.350 e. The molecule has 1 heterocycles. The minimum absolute atomic E-state index is 0.305. The molecule has 19 heavy (non-hydrogen) atoms. The van der Waals surface area contributed by atoms with E-state index in [1.807, 2.05) is 29.7 Å². The van der Waals surface area contributed by atoms with Gasteiger partial charge in [-0.1, -0.05) is 23.7 Å². The van der Waals surface area contributed by atoms with Crippen LogP contribution < -0.4 is 16.6 Å². The van der Waals surface area contributed by atoms with Crippen LogP contribution in [0.2, 0.25) is 5.02 Å². The number of carbonyl (C=O) groups excluding carboxylic acids is 1. The average Bonchev–Trinajstić information content (AvgIpc) is 2.46. The molecule has 0 atom stereocenters. The standard InChI is InChI=1S/C12H12ClN5O/c13-10-3-1-8(2-4-10)5-15-12-16-6-9(7-17-12)11(19)18-14/h1-4,6-7H,5,14H2,(H,18,19)(H,15,16,17). The van der Waals surface area contributed by atoms with E-state index in [2.05, 4.69) is 15.3 Å². The van der Waals surface area contributed by atoms with E-state index in [9.17, 15) is 4.79 Å². The molecule has 4 N–H and O–H groups in total. The molecule has 7 heteroatoms. The van der Waals surface area contributed by atoms with Crippen molar-refractivity contribution in [2.45, 2.75) is 6.54 Å². The summed E-state index contributed by atoms with van der Waals surface area (Å²) in [7, 11) is 0. The number of nitrogen functional groups attached to an aromatic ring is 1. The van der Waals surface area contributed by atoms with Gasteiger partial charge in [0.1, 0.15) is 0 Å². The number of rotatable bonds is 4. The van der Waals surface area contributed by atoms with Gasteiger partial charge in [-0.3, -0.25) is 10.2 Å². The van der Waals surface area contributed by atoms with Crippen molar-refractivity contribution < 1.29 is 4.79 Å². The fourth-order valence-electron chi connectivity index (χ4n) is 1.40. The first kappa shape index (κ1) is 13.3. The maximum Gasteiger partial charge on any atom is 0.268 e. The Kier molecular flexibility index (Phi) is 4.27. The molecule has 6 nitrogen and oxygen atoms in total. The van der Waals surface area contributed by atoms with Crippen LogP contribution in [0.15, 0.2) is 36.7 Å². The van der Waals surface area contributed by atoms with Crippen LogP contribution in [0.3, 0.4) is 0 Å². The molecule has 0 aliphatic heterocycles. The largest absolute Gasteiger partial charge is 0.350 e. The third kappa shape index (κ3) is 3.64. The quantitative estimate of drug-likeness (QED) is 0.446. The van der Waals surface area contributed by atoms with Gasteiger partial charge in [0.2, 0.25) is 5.95 Å². The SMILES string of the molecule is NNC(=O)c1cnc(NCc2ccc(Cl)cc2)nc1. The average molecular weight is 278 g/mol. The first-order valence-electron chi connectivity index (χ1n) is 5.50. The molecule has 0 aliphatic carbocycles. The van der Waals surface area contributed by atoms with E-state index in [1.165, 1.54) is 12.4 Å². The molecule has 1 aromatic heterocycles. The molecule has 0 saturated carbocycles. The predicted octanol–water partition coefficient (Wildman–Crippen LogP) is 1.35. The Bertz CT molecular complexity index is 555. The van der Waals surface area contributed by atoms with Gasteiger partial charge in [-0.25, -0.2) is 15.8 Å². The number of nitrogens with two attached hydrogens (primary N) is 1. The Labute approximate surface area is 115 Å². The van der Waals surface area contributed by atoms with E-state index in [0.717, 1.165) is 5.56 Å². The van der Waals surface area contributed by atoms with Crippen molar-refractivity contribution in [1.29, 1.82) is 0 Å². The van der Waals surface area contributed by atoms with Gasteiger partial charge in [-0.2, -0.15) is 0 Å². The number of hydrogen-bond donors (Lipinski definition) is 3. The lowest BCUT2D eigenvalue weighted by atomic mass is 10.2. The summed E-state index contributed by atoms with van der Waals surface area (Å²) in [5.74, 6) is 5.01. The molecule has 98 valence electrons. The van der Waals surface area contributed by atoms with Crippen LogP contribution in [-0.4, -0.2) is 15.9 Å². The van der Waals surface area contributed by atoms with Crippen LogP contribution in [0.5, 0.6) is 0 Å². The number of nitrogens with one attached hydrogen (secondary N) is 2. The van der Waals surface area contributed by atoms with E-state index < -0.39 is 5.91 Å². The van der Waals surface area contributed by atoms with Crippen LogP contribution >= 0.6 is 11.6 Å². The van der Waals surface area contributed by atoms with E-state index in [4.69, 9.17) is 17.4 Å². The molecule has 0 spiro atoms. The fourth-order valence-corrected chi connectivity index (χ4v) is 1.53.